The first-order valence-corrected chi connectivity index (χ1v) is 7.81. The second kappa shape index (κ2) is 9.90. The van der Waals surface area contributed by atoms with E-state index < -0.39 is 0 Å². The van der Waals surface area contributed by atoms with Gasteiger partial charge in [0.15, 0.2) is 0 Å². The minimum absolute atomic E-state index is 1.25. The molecule has 0 aromatic heterocycles. The summed E-state index contributed by atoms with van der Waals surface area (Å²) in [6, 6.07) is 0. The molecule has 0 bridgehead atoms. The molecule has 0 atom stereocenters. The van der Waals surface area contributed by atoms with Gasteiger partial charge >= 0.3 is 0 Å². The van der Waals surface area contributed by atoms with E-state index in [1.165, 1.54) is 84.2 Å². The molecule has 0 aromatic carbocycles. The van der Waals surface area contributed by atoms with Gasteiger partial charge in [0.1, 0.15) is 0 Å². The lowest BCUT2D eigenvalue weighted by Crippen LogP contribution is -2.30. The Labute approximate surface area is 108 Å². The van der Waals surface area contributed by atoms with Crippen molar-refractivity contribution < 1.29 is 0 Å². The molecule has 17 heavy (non-hydrogen) atoms. The van der Waals surface area contributed by atoms with E-state index in [9.17, 15) is 0 Å². The van der Waals surface area contributed by atoms with Gasteiger partial charge in [0.25, 0.3) is 0 Å². The maximum absolute atomic E-state index is 2.57. The highest BCUT2D eigenvalue weighted by Gasteiger charge is 2.07. The van der Waals surface area contributed by atoms with Crippen LogP contribution in [0.3, 0.4) is 0 Å². The molecule has 0 aliphatic carbocycles. The molecular formula is C15H32N2. The molecule has 2 rings (SSSR count). The SMILES string of the molecule is CCCN1CCCCC1.CCN1CCCCC1. The minimum atomic E-state index is 1.25. The Kier molecular flexibility index (Phi) is 8.72. The van der Waals surface area contributed by atoms with Gasteiger partial charge in [-0.25, -0.2) is 0 Å². The van der Waals surface area contributed by atoms with Crippen molar-refractivity contribution >= 4 is 0 Å². The molecule has 0 radical (unpaired) electrons. The molecule has 102 valence electrons. The molecule has 2 saturated heterocycles. The number of hydrogen-bond acceptors (Lipinski definition) is 2. The molecule has 2 aliphatic heterocycles. The van der Waals surface area contributed by atoms with Crippen LogP contribution in [-0.4, -0.2) is 49.1 Å². The lowest BCUT2D eigenvalue weighted by atomic mass is 10.1. The number of nitrogens with zero attached hydrogens (tertiary/aromatic N) is 2. The first kappa shape index (κ1) is 15.0. The third kappa shape index (κ3) is 7.05. The fourth-order valence-corrected chi connectivity index (χ4v) is 2.77. The van der Waals surface area contributed by atoms with Crippen LogP contribution in [0.2, 0.25) is 0 Å². The summed E-state index contributed by atoms with van der Waals surface area (Å²) in [6.07, 6.45) is 9.94. The summed E-state index contributed by atoms with van der Waals surface area (Å²) in [6.45, 7) is 12.5. The summed E-state index contributed by atoms with van der Waals surface area (Å²) in [5.41, 5.74) is 0. The van der Waals surface area contributed by atoms with E-state index >= 15 is 0 Å². The Morgan fingerprint density at radius 3 is 1.47 bits per heavy atom. The van der Waals surface area contributed by atoms with E-state index in [1.807, 2.05) is 0 Å². The summed E-state index contributed by atoms with van der Waals surface area (Å²) in [5.74, 6) is 0. The van der Waals surface area contributed by atoms with Crippen LogP contribution < -0.4 is 0 Å². The van der Waals surface area contributed by atoms with Crippen LogP contribution in [0.5, 0.6) is 0 Å². The first-order valence-electron chi connectivity index (χ1n) is 7.81. The Morgan fingerprint density at radius 1 is 0.647 bits per heavy atom. The van der Waals surface area contributed by atoms with Crippen LogP contribution in [-0.2, 0) is 0 Å². The van der Waals surface area contributed by atoms with E-state index in [-0.39, 0.29) is 0 Å². The van der Waals surface area contributed by atoms with Crippen LogP contribution >= 0.6 is 0 Å². The van der Waals surface area contributed by atoms with Crippen LogP contribution in [0.4, 0.5) is 0 Å². The van der Waals surface area contributed by atoms with E-state index in [2.05, 4.69) is 23.6 Å². The van der Waals surface area contributed by atoms with Crippen LogP contribution in [0.1, 0.15) is 58.8 Å². The molecule has 0 amide bonds. The normalized spacial score (nSPS) is 22.9. The van der Waals surface area contributed by atoms with Crippen molar-refractivity contribution in [2.75, 3.05) is 39.3 Å². The zero-order valence-electron chi connectivity index (χ0n) is 12.1. The third-order valence-electron chi connectivity index (χ3n) is 3.88. The number of rotatable bonds is 3. The van der Waals surface area contributed by atoms with Gasteiger partial charge in [-0.3, -0.25) is 0 Å². The van der Waals surface area contributed by atoms with Crippen molar-refractivity contribution in [3.05, 3.63) is 0 Å². The van der Waals surface area contributed by atoms with Gasteiger partial charge in [-0.1, -0.05) is 26.7 Å². The Morgan fingerprint density at radius 2 is 1.12 bits per heavy atom. The Balaban J connectivity index is 0.000000171. The van der Waals surface area contributed by atoms with Gasteiger partial charge in [0, 0.05) is 0 Å². The quantitative estimate of drug-likeness (QED) is 0.746. The molecule has 0 aromatic rings. The van der Waals surface area contributed by atoms with E-state index in [1.54, 1.807) is 0 Å². The van der Waals surface area contributed by atoms with Crippen molar-refractivity contribution in [2.45, 2.75) is 58.8 Å². The second-order valence-corrected chi connectivity index (χ2v) is 5.40. The Bertz CT molecular complexity index is 156. The minimum Gasteiger partial charge on any atom is -0.304 e. The standard InChI is InChI=1S/C8H17N.C7H15N/c1-2-6-9-7-4-3-5-8-9;1-2-8-6-4-3-5-7-8/h2-8H2,1H3;2-7H2,1H3. The van der Waals surface area contributed by atoms with Crippen molar-refractivity contribution in [3.63, 3.8) is 0 Å². The lowest BCUT2D eigenvalue weighted by Gasteiger charge is -2.25. The average Bonchev–Trinajstić information content (AvgIpc) is 2.42. The highest BCUT2D eigenvalue weighted by atomic mass is 15.1. The van der Waals surface area contributed by atoms with Gasteiger partial charge in [-0.15, -0.1) is 0 Å². The van der Waals surface area contributed by atoms with Crippen molar-refractivity contribution in [2.24, 2.45) is 0 Å². The maximum atomic E-state index is 2.57. The van der Waals surface area contributed by atoms with E-state index in [0.717, 1.165) is 0 Å². The van der Waals surface area contributed by atoms with Gasteiger partial charge < -0.3 is 9.80 Å². The van der Waals surface area contributed by atoms with Crippen molar-refractivity contribution in [1.29, 1.82) is 0 Å². The summed E-state index contributed by atoms with van der Waals surface area (Å²) in [5, 5.41) is 0. The third-order valence-corrected chi connectivity index (χ3v) is 3.88. The lowest BCUT2D eigenvalue weighted by molar-refractivity contribution is 0.229. The smallest absolute Gasteiger partial charge is 0.00187 e. The number of likely N-dealkylation sites (tertiary alicyclic amines) is 2. The molecule has 2 heteroatoms. The predicted octanol–water partition coefficient (Wildman–Crippen LogP) is 3.37. The molecule has 2 fully saturated rings. The largest absolute Gasteiger partial charge is 0.304 e. The molecule has 2 nitrogen and oxygen atoms in total. The highest BCUT2D eigenvalue weighted by Crippen LogP contribution is 2.08. The zero-order valence-corrected chi connectivity index (χ0v) is 12.1. The molecule has 2 heterocycles. The Hall–Kier alpha value is -0.0800. The monoisotopic (exact) mass is 240 g/mol. The summed E-state index contributed by atoms with van der Waals surface area (Å²) < 4.78 is 0. The van der Waals surface area contributed by atoms with Crippen molar-refractivity contribution in [3.8, 4) is 0 Å². The fraction of sp³-hybridized carbons (Fsp3) is 1.00. The molecule has 0 unspecified atom stereocenters. The summed E-state index contributed by atoms with van der Waals surface area (Å²) in [7, 11) is 0. The molecule has 2 aliphatic rings. The molecule has 0 spiro atoms. The topological polar surface area (TPSA) is 6.48 Å². The van der Waals surface area contributed by atoms with Crippen molar-refractivity contribution in [1.82, 2.24) is 9.80 Å². The number of piperidine rings is 2. The van der Waals surface area contributed by atoms with Gasteiger partial charge in [0.2, 0.25) is 0 Å². The number of hydrogen-bond donors (Lipinski definition) is 0. The van der Waals surface area contributed by atoms with Gasteiger partial charge in [-0.2, -0.15) is 0 Å². The van der Waals surface area contributed by atoms with Gasteiger partial charge in [0.05, 0.1) is 0 Å². The van der Waals surface area contributed by atoms with E-state index in [4.69, 9.17) is 0 Å². The fourth-order valence-electron chi connectivity index (χ4n) is 2.77. The molecule has 0 saturated carbocycles. The average molecular weight is 240 g/mol. The van der Waals surface area contributed by atoms with Crippen LogP contribution in [0.25, 0.3) is 0 Å². The molecule has 0 N–H and O–H groups in total. The van der Waals surface area contributed by atoms with E-state index in [0.29, 0.717) is 0 Å². The highest BCUT2D eigenvalue weighted by molar-refractivity contribution is 4.63. The maximum Gasteiger partial charge on any atom is -0.00187 e. The second-order valence-electron chi connectivity index (χ2n) is 5.40. The molecular weight excluding hydrogens is 208 g/mol. The summed E-state index contributed by atoms with van der Waals surface area (Å²) >= 11 is 0. The predicted molar refractivity (Wildman–Crippen MR) is 76.5 cm³/mol. The first-order chi connectivity index (χ1) is 8.36. The summed E-state index contributed by atoms with van der Waals surface area (Å²) in [4.78, 5) is 5.09. The van der Waals surface area contributed by atoms with Crippen LogP contribution in [0, 0.1) is 0 Å². The zero-order chi connectivity index (χ0) is 12.3. The van der Waals surface area contributed by atoms with Crippen LogP contribution in [0.15, 0.2) is 0 Å². The van der Waals surface area contributed by atoms with Gasteiger partial charge in [-0.05, 0) is 71.4 Å².